The van der Waals surface area contributed by atoms with Crippen LogP contribution in [0.15, 0.2) is 43.0 Å². The zero-order chi connectivity index (χ0) is 23.2. The molecule has 0 aromatic heterocycles. The summed E-state index contributed by atoms with van der Waals surface area (Å²) >= 11 is 0. The minimum absolute atomic E-state index is 0.0290. The zero-order valence-corrected chi connectivity index (χ0v) is 20.3. The van der Waals surface area contributed by atoms with Crippen LogP contribution in [0.4, 0.5) is 4.39 Å². The van der Waals surface area contributed by atoms with Crippen LogP contribution in [0.3, 0.4) is 0 Å². The van der Waals surface area contributed by atoms with Gasteiger partial charge in [0.05, 0.1) is 5.92 Å². The van der Waals surface area contributed by atoms with Crippen LogP contribution in [0.1, 0.15) is 83.1 Å². The van der Waals surface area contributed by atoms with Crippen molar-refractivity contribution in [1.29, 1.82) is 0 Å². The van der Waals surface area contributed by atoms with E-state index >= 15 is 0 Å². The smallest absolute Gasteiger partial charge is 0.314 e. The third-order valence-corrected chi connectivity index (χ3v) is 8.80. The van der Waals surface area contributed by atoms with E-state index < -0.39 is 0 Å². The number of allylic oxidation sites excluding steroid dienone is 3. The largest absolute Gasteiger partial charge is 0.426 e. The Morgan fingerprint density at radius 1 is 1.06 bits per heavy atom. The summed E-state index contributed by atoms with van der Waals surface area (Å²) in [7, 11) is 0. The molecule has 1 aromatic carbocycles. The number of rotatable bonds is 7. The number of ether oxygens (including phenoxy) is 1. The van der Waals surface area contributed by atoms with E-state index in [1.807, 2.05) is 0 Å². The molecule has 4 rings (SSSR count). The van der Waals surface area contributed by atoms with Gasteiger partial charge in [-0.25, -0.2) is 4.39 Å². The third kappa shape index (κ3) is 5.97. The van der Waals surface area contributed by atoms with Crippen LogP contribution < -0.4 is 4.74 Å². The van der Waals surface area contributed by atoms with Gasteiger partial charge in [0.2, 0.25) is 0 Å². The van der Waals surface area contributed by atoms with Crippen LogP contribution in [0.2, 0.25) is 0 Å². The predicted molar refractivity (Wildman–Crippen MR) is 132 cm³/mol. The van der Waals surface area contributed by atoms with Crippen molar-refractivity contribution in [3.8, 4) is 5.75 Å². The van der Waals surface area contributed by atoms with Crippen molar-refractivity contribution in [2.45, 2.75) is 84.0 Å². The van der Waals surface area contributed by atoms with Crippen molar-refractivity contribution >= 4 is 5.97 Å². The second-order valence-corrected chi connectivity index (χ2v) is 10.7. The maximum atomic E-state index is 14.4. The first-order chi connectivity index (χ1) is 16.1. The van der Waals surface area contributed by atoms with Gasteiger partial charge in [-0.2, -0.15) is 0 Å². The third-order valence-electron chi connectivity index (χ3n) is 8.80. The molecule has 0 radical (unpaired) electrons. The molecule has 3 aliphatic carbocycles. The fourth-order valence-electron chi connectivity index (χ4n) is 7.04. The molecule has 0 spiro atoms. The van der Waals surface area contributed by atoms with Crippen LogP contribution in [0.5, 0.6) is 5.75 Å². The molecular weight excluding hydrogens is 411 g/mol. The molecule has 0 amide bonds. The topological polar surface area (TPSA) is 26.3 Å². The number of carbonyl (C=O) groups is 1. The van der Waals surface area contributed by atoms with Crippen molar-refractivity contribution in [1.82, 2.24) is 0 Å². The molecular formula is C30H41FO2. The Balaban J connectivity index is 1.33. The molecule has 3 heteroatoms. The summed E-state index contributed by atoms with van der Waals surface area (Å²) in [6.07, 6.45) is 20.2. The molecule has 180 valence electrons. The highest BCUT2D eigenvalue weighted by molar-refractivity contribution is 5.75. The quantitative estimate of drug-likeness (QED) is 0.237. The Hall–Kier alpha value is -1.90. The fraction of sp³-hybridized carbons (Fsp3) is 0.633. The standard InChI is InChI=1S/C30H41FO2/c1-3-5-8-23-15-17-26(20-29(23)31)33-30(32)28-10-6-9-25-19-24(16-18-27(25)28)22-13-11-21(7-4-2)12-14-22/h3-4,7,15,17,20-22,24-25,27-28H,1,5-6,8-14,16,18-19H2,2H3/b7-4+. The summed E-state index contributed by atoms with van der Waals surface area (Å²) in [5.41, 5.74) is 0.644. The molecule has 0 saturated heterocycles. The number of hydrogen-bond acceptors (Lipinski definition) is 2. The summed E-state index contributed by atoms with van der Waals surface area (Å²) in [5.74, 6) is 3.47. The lowest BCUT2D eigenvalue weighted by Crippen LogP contribution is -2.40. The molecule has 3 aliphatic rings. The summed E-state index contributed by atoms with van der Waals surface area (Å²) in [6.45, 7) is 5.83. The molecule has 0 aliphatic heterocycles. The van der Waals surface area contributed by atoms with Crippen molar-refractivity contribution in [2.75, 3.05) is 0 Å². The maximum absolute atomic E-state index is 14.4. The number of carbonyl (C=O) groups excluding carboxylic acids is 1. The van der Waals surface area contributed by atoms with Gasteiger partial charge in [-0.05, 0) is 112 Å². The molecule has 0 bridgehead atoms. The van der Waals surface area contributed by atoms with E-state index in [4.69, 9.17) is 4.74 Å². The second-order valence-electron chi connectivity index (χ2n) is 10.7. The van der Waals surface area contributed by atoms with Crippen molar-refractivity contribution in [3.05, 3.63) is 54.4 Å². The number of esters is 1. The van der Waals surface area contributed by atoms with E-state index in [1.165, 1.54) is 51.0 Å². The normalized spacial score (nSPS) is 32.3. The highest BCUT2D eigenvalue weighted by atomic mass is 19.1. The van der Waals surface area contributed by atoms with E-state index in [2.05, 4.69) is 25.7 Å². The van der Waals surface area contributed by atoms with E-state index in [-0.39, 0.29) is 17.7 Å². The van der Waals surface area contributed by atoms with Crippen LogP contribution in [-0.4, -0.2) is 5.97 Å². The minimum atomic E-state index is -0.298. The number of hydrogen-bond donors (Lipinski definition) is 0. The molecule has 3 saturated carbocycles. The van der Waals surface area contributed by atoms with Gasteiger partial charge >= 0.3 is 5.97 Å². The van der Waals surface area contributed by atoms with Crippen molar-refractivity contribution in [2.24, 2.45) is 35.5 Å². The van der Waals surface area contributed by atoms with Gasteiger partial charge in [0.1, 0.15) is 11.6 Å². The molecule has 33 heavy (non-hydrogen) atoms. The van der Waals surface area contributed by atoms with Crippen molar-refractivity contribution in [3.63, 3.8) is 0 Å². The van der Waals surface area contributed by atoms with Gasteiger partial charge in [0, 0.05) is 6.07 Å². The SMILES string of the molecule is C=CCCc1ccc(OC(=O)C2CCCC3CC(C4CCC(/C=C/C)CC4)CCC32)cc1F. The Morgan fingerprint density at radius 2 is 1.85 bits per heavy atom. The van der Waals surface area contributed by atoms with E-state index in [9.17, 15) is 9.18 Å². The summed E-state index contributed by atoms with van der Waals surface area (Å²) in [6, 6.07) is 4.85. The Labute approximate surface area is 199 Å². The van der Waals surface area contributed by atoms with Crippen LogP contribution >= 0.6 is 0 Å². The molecule has 2 nitrogen and oxygen atoms in total. The van der Waals surface area contributed by atoms with Crippen molar-refractivity contribution < 1.29 is 13.9 Å². The number of halogens is 1. The number of aryl methyl sites for hydroxylation is 1. The van der Waals surface area contributed by atoms with Gasteiger partial charge < -0.3 is 4.74 Å². The molecule has 0 heterocycles. The summed E-state index contributed by atoms with van der Waals surface area (Å²) in [4.78, 5) is 13.1. The lowest BCUT2D eigenvalue weighted by molar-refractivity contribution is -0.144. The average molecular weight is 453 g/mol. The lowest BCUT2D eigenvalue weighted by Gasteiger charge is -2.45. The summed E-state index contributed by atoms with van der Waals surface area (Å²) < 4.78 is 20.1. The van der Waals surface area contributed by atoms with Gasteiger partial charge in [-0.15, -0.1) is 6.58 Å². The zero-order valence-electron chi connectivity index (χ0n) is 20.3. The molecule has 3 fully saturated rings. The Bertz CT molecular complexity index is 836. The monoisotopic (exact) mass is 452 g/mol. The highest BCUT2D eigenvalue weighted by Gasteiger charge is 2.43. The van der Waals surface area contributed by atoms with E-state index in [0.717, 1.165) is 43.4 Å². The van der Waals surface area contributed by atoms with Gasteiger partial charge in [0.25, 0.3) is 0 Å². The van der Waals surface area contributed by atoms with E-state index in [1.54, 1.807) is 18.2 Å². The first-order valence-electron chi connectivity index (χ1n) is 13.3. The summed E-state index contributed by atoms with van der Waals surface area (Å²) in [5, 5.41) is 0. The molecule has 4 unspecified atom stereocenters. The van der Waals surface area contributed by atoms with Crippen LogP contribution in [-0.2, 0) is 11.2 Å². The molecule has 4 atom stereocenters. The highest BCUT2D eigenvalue weighted by Crippen LogP contribution is 2.50. The first kappa shape index (κ1) is 24.2. The van der Waals surface area contributed by atoms with Gasteiger partial charge in [-0.3, -0.25) is 4.79 Å². The van der Waals surface area contributed by atoms with Crippen LogP contribution in [0, 0.1) is 41.3 Å². The second kappa shape index (κ2) is 11.5. The molecule has 1 aromatic rings. The lowest BCUT2D eigenvalue weighted by atomic mass is 9.59. The number of benzene rings is 1. The Kier molecular flexibility index (Phi) is 8.44. The van der Waals surface area contributed by atoms with Crippen LogP contribution in [0.25, 0.3) is 0 Å². The minimum Gasteiger partial charge on any atom is -0.426 e. The number of fused-ring (bicyclic) bond motifs is 1. The van der Waals surface area contributed by atoms with Gasteiger partial charge in [0.15, 0.2) is 0 Å². The maximum Gasteiger partial charge on any atom is 0.314 e. The average Bonchev–Trinajstić information content (AvgIpc) is 2.83. The fourth-order valence-corrected chi connectivity index (χ4v) is 7.04. The first-order valence-corrected chi connectivity index (χ1v) is 13.3. The Morgan fingerprint density at radius 3 is 2.58 bits per heavy atom. The van der Waals surface area contributed by atoms with Gasteiger partial charge in [-0.1, -0.05) is 37.1 Å². The predicted octanol–water partition coefficient (Wildman–Crippen LogP) is 8.06. The molecule has 0 N–H and O–H groups in total. The van der Waals surface area contributed by atoms with E-state index in [0.29, 0.717) is 29.6 Å².